The lowest BCUT2D eigenvalue weighted by Crippen LogP contribution is -2.14. The Kier molecular flexibility index (Phi) is 4.84. The first kappa shape index (κ1) is 15.4. The fourth-order valence-electron chi connectivity index (χ4n) is 1.75. The number of aromatic amines is 1. The van der Waals surface area contributed by atoms with Gasteiger partial charge in [-0.3, -0.25) is 14.9 Å². The monoisotopic (exact) mass is 346 g/mol. The predicted molar refractivity (Wildman–Crippen MR) is 88.2 cm³/mol. The van der Waals surface area contributed by atoms with Crippen LogP contribution >= 0.6 is 23.4 Å². The summed E-state index contributed by atoms with van der Waals surface area (Å²) in [6.45, 7) is 0. The van der Waals surface area contributed by atoms with Gasteiger partial charge in [-0.2, -0.15) is 0 Å². The maximum atomic E-state index is 11.9. The largest absolute Gasteiger partial charge is 0.323 e. The van der Waals surface area contributed by atoms with Gasteiger partial charge < -0.3 is 5.32 Å². The average molecular weight is 347 g/mol. The summed E-state index contributed by atoms with van der Waals surface area (Å²) >= 11 is 7.11. The summed E-state index contributed by atoms with van der Waals surface area (Å²) in [6, 6.07) is 7.04. The third-order valence-corrected chi connectivity index (χ3v) is 3.93. The SMILES string of the molecule is O=C(CSc1n[nH]c(-c2ccncc2)n1)Nc1cccnc1Cl. The van der Waals surface area contributed by atoms with E-state index in [1.165, 1.54) is 11.8 Å². The number of carbonyl (C=O) groups excluding carboxylic acids is 1. The van der Waals surface area contributed by atoms with Gasteiger partial charge in [0.1, 0.15) is 0 Å². The summed E-state index contributed by atoms with van der Waals surface area (Å²) in [5, 5.41) is 10.3. The summed E-state index contributed by atoms with van der Waals surface area (Å²) in [5.74, 6) is 0.588. The van der Waals surface area contributed by atoms with Crippen molar-refractivity contribution in [2.45, 2.75) is 5.16 Å². The van der Waals surface area contributed by atoms with Crippen LogP contribution in [0, 0.1) is 0 Å². The normalized spacial score (nSPS) is 10.5. The Bertz CT molecular complexity index is 810. The topological polar surface area (TPSA) is 96.5 Å². The molecule has 0 bridgehead atoms. The van der Waals surface area contributed by atoms with Crippen molar-refractivity contribution < 1.29 is 4.79 Å². The molecule has 3 aromatic heterocycles. The summed E-state index contributed by atoms with van der Waals surface area (Å²) in [7, 11) is 0. The van der Waals surface area contributed by atoms with Crippen molar-refractivity contribution in [1.29, 1.82) is 0 Å². The number of thioether (sulfide) groups is 1. The number of hydrogen-bond acceptors (Lipinski definition) is 6. The number of hydrogen-bond donors (Lipinski definition) is 2. The molecule has 3 rings (SSSR count). The third kappa shape index (κ3) is 4.05. The predicted octanol–water partition coefficient (Wildman–Crippen LogP) is 2.65. The number of carbonyl (C=O) groups is 1. The van der Waals surface area contributed by atoms with Crippen molar-refractivity contribution in [2.75, 3.05) is 11.1 Å². The molecule has 0 radical (unpaired) electrons. The van der Waals surface area contributed by atoms with E-state index >= 15 is 0 Å². The molecular formula is C14H11ClN6OS. The molecule has 0 aromatic carbocycles. The minimum atomic E-state index is -0.208. The van der Waals surface area contributed by atoms with Gasteiger partial charge in [-0.1, -0.05) is 23.4 Å². The molecular weight excluding hydrogens is 336 g/mol. The van der Waals surface area contributed by atoms with E-state index in [2.05, 4.69) is 30.5 Å². The fraction of sp³-hybridized carbons (Fsp3) is 0.0714. The first-order valence-electron chi connectivity index (χ1n) is 6.58. The molecule has 3 aromatic rings. The Balaban J connectivity index is 1.58. The maximum absolute atomic E-state index is 11.9. The van der Waals surface area contributed by atoms with E-state index in [1.807, 2.05) is 12.1 Å². The average Bonchev–Trinajstić information content (AvgIpc) is 3.05. The summed E-state index contributed by atoms with van der Waals surface area (Å²) in [4.78, 5) is 24.1. The van der Waals surface area contributed by atoms with Gasteiger partial charge >= 0.3 is 0 Å². The van der Waals surface area contributed by atoms with Crippen LogP contribution in [0.2, 0.25) is 5.15 Å². The number of H-pyrrole nitrogens is 1. The third-order valence-electron chi connectivity index (χ3n) is 2.78. The highest BCUT2D eigenvalue weighted by atomic mass is 35.5. The van der Waals surface area contributed by atoms with Crippen molar-refractivity contribution in [1.82, 2.24) is 25.1 Å². The zero-order valence-electron chi connectivity index (χ0n) is 11.7. The molecule has 2 N–H and O–H groups in total. The Labute approximate surface area is 140 Å². The lowest BCUT2D eigenvalue weighted by atomic mass is 10.3. The van der Waals surface area contributed by atoms with E-state index in [0.717, 1.165) is 5.56 Å². The molecule has 9 heteroatoms. The first-order valence-corrected chi connectivity index (χ1v) is 7.95. The highest BCUT2D eigenvalue weighted by Crippen LogP contribution is 2.20. The number of amides is 1. The maximum Gasteiger partial charge on any atom is 0.234 e. The molecule has 3 heterocycles. The fourth-order valence-corrected chi connectivity index (χ4v) is 2.51. The quantitative estimate of drug-likeness (QED) is 0.544. The van der Waals surface area contributed by atoms with Crippen LogP contribution in [-0.4, -0.2) is 36.8 Å². The van der Waals surface area contributed by atoms with Gasteiger partial charge in [0.25, 0.3) is 0 Å². The molecule has 116 valence electrons. The van der Waals surface area contributed by atoms with Crippen LogP contribution in [0.15, 0.2) is 48.0 Å². The van der Waals surface area contributed by atoms with Crippen molar-refractivity contribution in [3.63, 3.8) is 0 Å². The van der Waals surface area contributed by atoms with Crippen LogP contribution < -0.4 is 5.32 Å². The molecule has 0 aliphatic carbocycles. The van der Waals surface area contributed by atoms with Crippen molar-refractivity contribution in [2.24, 2.45) is 0 Å². The number of aromatic nitrogens is 5. The Morgan fingerprint density at radius 2 is 2.09 bits per heavy atom. The molecule has 0 aliphatic heterocycles. The van der Waals surface area contributed by atoms with Gasteiger partial charge in [-0.25, -0.2) is 9.97 Å². The molecule has 7 nitrogen and oxygen atoms in total. The second-order valence-corrected chi connectivity index (χ2v) is 5.68. The molecule has 0 saturated carbocycles. The van der Waals surface area contributed by atoms with E-state index in [-0.39, 0.29) is 16.8 Å². The first-order chi connectivity index (χ1) is 11.2. The smallest absolute Gasteiger partial charge is 0.234 e. The van der Waals surface area contributed by atoms with E-state index in [4.69, 9.17) is 11.6 Å². The van der Waals surface area contributed by atoms with Gasteiger partial charge in [0.2, 0.25) is 11.1 Å². The molecule has 23 heavy (non-hydrogen) atoms. The van der Waals surface area contributed by atoms with Crippen LogP contribution in [0.3, 0.4) is 0 Å². The molecule has 0 saturated heterocycles. The van der Waals surface area contributed by atoms with Gasteiger partial charge in [0.05, 0.1) is 11.4 Å². The van der Waals surface area contributed by atoms with Crippen LogP contribution in [0.25, 0.3) is 11.4 Å². The lowest BCUT2D eigenvalue weighted by molar-refractivity contribution is -0.113. The standard InChI is InChI=1S/C14H11ClN6OS/c15-12-10(2-1-5-17-12)18-11(22)8-23-14-19-13(20-21-14)9-3-6-16-7-4-9/h1-7H,8H2,(H,18,22)(H,19,20,21). The highest BCUT2D eigenvalue weighted by molar-refractivity contribution is 7.99. The van der Waals surface area contributed by atoms with Crippen LogP contribution in [-0.2, 0) is 4.79 Å². The number of pyridine rings is 2. The van der Waals surface area contributed by atoms with Gasteiger partial charge in [-0.15, -0.1) is 5.10 Å². The van der Waals surface area contributed by atoms with Gasteiger partial charge in [-0.05, 0) is 24.3 Å². The minimum absolute atomic E-state index is 0.166. The van der Waals surface area contributed by atoms with Crippen molar-refractivity contribution in [3.05, 3.63) is 48.0 Å². The Morgan fingerprint density at radius 3 is 2.87 bits per heavy atom. The molecule has 1 amide bonds. The Morgan fingerprint density at radius 1 is 1.26 bits per heavy atom. The molecule has 0 aliphatic rings. The van der Waals surface area contributed by atoms with Gasteiger partial charge in [0.15, 0.2) is 11.0 Å². The number of nitrogens with one attached hydrogen (secondary N) is 2. The van der Waals surface area contributed by atoms with Crippen molar-refractivity contribution in [3.8, 4) is 11.4 Å². The zero-order valence-corrected chi connectivity index (χ0v) is 13.3. The van der Waals surface area contributed by atoms with Crippen LogP contribution in [0.4, 0.5) is 5.69 Å². The van der Waals surface area contributed by atoms with E-state index in [1.54, 1.807) is 30.7 Å². The van der Waals surface area contributed by atoms with Crippen LogP contribution in [0.1, 0.15) is 0 Å². The molecule has 0 spiro atoms. The van der Waals surface area contributed by atoms with Crippen LogP contribution in [0.5, 0.6) is 0 Å². The number of rotatable bonds is 5. The van der Waals surface area contributed by atoms with Crippen molar-refractivity contribution >= 4 is 35.0 Å². The Hall–Kier alpha value is -2.45. The van der Waals surface area contributed by atoms with Gasteiger partial charge in [0, 0.05) is 24.2 Å². The number of anilines is 1. The molecule has 0 unspecified atom stereocenters. The highest BCUT2D eigenvalue weighted by Gasteiger charge is 2.10. The number of nitrogens with zero attached hydrogens (tertiary/aromatic N) is 4. The molecule has 0 atom stereocenters. The number of halogens is 1. The summed E-state index contributed by atoms with van der Waals surface area (Å²) < 4.78 is 0. The second-order valence-electron chi connectivity index (χ2n) is 4.38. The lowest BCUT2D eigenvalue weighted by Gasteiger charge is -2.04. The molecule has 0 fully saturated rings. The summed E-state index contributed by atoms with van der Waals surface area (Å²) in [5.41, 5.74) is 1.36. The van der Waals surface area contributed by atoms with E-state index in [9.17, 15) is 4.79 Å². The zero-order chi connectivity index (χ0) is 16.1. The van der Waals surface area contributed by atoms with E-state index < -0.39 is 0 Å². The second kappa shape index (κ2) is 7.21. The summed E-state index contributed by atoms with van der Waals surface area (Å²) in [6.07, 6.45) is 4.91. The van der Waals surface area contributed by atoms with E-state index in [0.29, 0.717) is 16.7 Å². The minimum Gasteiger partial charge on any atom is -0.323 e.